The van der Waals surface area contributed by atoms with E-state index in [0.29, 0.717) is 6.07 Å². The largest absolute Gasteiger partial charge is 0.573 e. The molecule has 2 nitrogen and oxygen atoms in total. The maximum absolute atomic E-state index is 13.5. The zero-order valence-electron chi connectivity index (χ0n) is 12.2. The summed E-state index contributed by atoms with van der Waals surface area (Å²) in [4.78, 5) is 0. The molecule has 0 saturated carbocycles. The number of fused-ring (bicyclic) bond motifs is 1. The fraction of sp³-hybridized carbons (Fsp3) is 0.333. The number of phenolic OH excluding ortho intramolecular Hbond substituents is 1. The van der Waals surface area contributed by atoms with Crippen molar-refractivity contribution in [3.8, 4) is 11.5 Å². The molecule has 0 spiro atoms. The standard InChI is InChI=1S/C12H7F5O2.C3H8/c1-5-2-7(18)3-6-4-8(13)10(14)11(9(5)6)19-12(15,16)17;1-3-2/h2-4,18H,1H3;3H2,1-2H3. The molecular formula is C15H15F5O2. The molecule has 0 aliphatic carbocycles. The first kappa shape index (κ1) is 18.0. The summed E-state index contributed by atoms with van der Waals surface area (Å²) < 4.78 is 67.0. The fourth-order valence-corrected chi connectivity index (χ4v) is 1.85. The third-order valence-electron chi connectivity index (χ3n) is 2.49. The Bertz CT molecular complexity index is 665. The second-order valence-corrected chi connectivity index (χ2v) is 4.62. The van der Waals surface area contributed by atoms with E-state index in [-0.39, 0.29) is 22.1 Å². The maximum atomic E-state index is 13.5. The highest BCUT2D eigenvalue weighted by molar-refractivity contribution is 5.92. The quantitative estimate of drug-likeness (QED) is 0.708. The fourth-order valence-electron chi connectivity index (χ4n) is 1.85. The summed E-state index contributed by atoms with van der Waals surface area (Å²) in [6.07, 6.45) is -3.90. The zero-order chi connectivity index (χ0) is 17.1. The molecule has 7 heteroatoms. The monoisotopic (exact) mass is 322 g/mol. The molecule has 122 valence electrons. The van der Waals surface area contributed by atoms with E-state index in [1.807, 2.05) is 0 Å². The molecule has 0 amide bonds. The second-order valence-electron chi connectivity index (χ2n) is 4.62. The molecular weight excluding hydrogens is 307 g/mol. The molecule has 2 aromatic rings. The Balaban J connectivity index is 0.000000745. The third-order valence-corrected chi connectivity index (χ3v) is 2.49. The molecule has 0 saturated heterocycles. The predicted molar refractivity (Wildman–Crippen MR) is 72.9 cm³/mol. The molecule has 0 fully saturated rings. The van der Waals surface area contributed by atoms with Gasteiger partial charge in [-0.15, -0.1) is 13.2 Å². The Labute approximate surface area is 124 Å². The average Bonchev–Trinajstić information content (AvgIpc) is 2.33. The van der Waals surface area contributed by atoms with Crippen LogP contribution >= 0.6 is 0 Å². The first-order chi connectivity index (χ1) is 10.1. The molecule has 2 aromatic carbocycles. The molecule has 0 aromatic heterocycles. The minimum Gasteiger partial charge on any atom is -0.508 e. The number of rotatable bonds is 1. The van der Waals surface area contributed by atoms with E-state index in [0.717, 1.165) is 12.1 Å². The van der Waals surface area contributed by atoms with Crippen LogP contribution in [-0.2, 0) is 0 Å². The van der Waals surface area contributed by atoms with E-state index in [1.54, 1.807) is 0 Å². The number of aromatic hydroxyl groups is 1. The number of aryl methyl sites for hydroxylation is 1. The molecule has 2 rings (SSSR count). The van der Waals surface area contributed by atoms with Crippen LogP contribution in [0.4, 0.5) is 22.0 Å². The summed E-state index contributed by atoms with van der Waals surface area (Å²) in [5.41, 5.74) is 0.133. The van der Waals surface area contributed by atoms with Crippen LogP contribution in [0.1, 0.15) is 25.8 Å². The van der Waals surface area contributed by atoms with E-state index >= 15 is 0 Å². The number of hydrogen-bond donors (Lipinski definition) is 1. The summed E-state index contributed by atoms with van der Waals surface area (Å²) >= 11 is 0. The normalized spacial score (nSPS) is 11.1. The lowest BCUT2D eigenvalue weighted by molar-refractivity contribution is -0.275. The molecule has 22 heavy (non-hydrogen) atoms. The topological polar surface area (TPSA) is 29.5 Å². The highest BCUT2D eigenvalue weighted by Gasteiger charge is 2.34. The van der Waals surface area contributed by atoms with Crippen molar-refractivity contribution in [3.63, 3.8) is 0 Å². The van der Waals surface area contributed by atoms with Crippen molar-refractivity contribution in [1.29, 1.82) is 0 Å². The van der Waals surface area contributed by atoms with Crippen molar-refractivity contribution in [3.05, 3.63) is 35.4 Å². The summed E-state index contributed by atoms with van der Waals surface area (Å²) in [5.74, 6) is -4.72. The van der Waals surface area contributed by atoms with Gasteiger partial charge in [0.15, 0.2) is 11.6 Å². The van der Waals surface area contributed by atoms with Gasteiger partial charge in [0.2, 0.25) is 5.82 Å². The van der Waals surface area contributed by atoms with Gasteiger partial charge < -0.3 is 9.84 Å². The Morgan fingerprint density at radius 1 is 1.09 bits per heavy atom. The summed E-state index contributed by atoms with van der Waals surface area (Å²) in [7, 11) is 0. The number of benzene rings is 2. The van der Waals surface area contributed by atoms with Crippen LogP contribution in [0.5, 0.6) is 11.5 Å². The van der Waals surface area contributed by atoms with Gasteiger partial charge in [0.25, 0.3) is 0 Å². The van der Waals surface area contributed by atoms with Gasteiger partial charge >= 0.3 is 6.36 Å². The van der Waals surface area contributed by atoms with Gasteiger partial charge in [-0.1, -0.05) is 20.3 Å². The SMILES string of the molecule is CCC.Cc1cc(O)cc2cc(F)c(F)c(OC(F)(F)F)c12. The smallest absolute Gasteiger partial charge is 0.508 e. The van der Waals surface area contributed by atoms with E-state index < -0.39 is 23.7 Å². The molecule has 0 heterocycles. The van der Waals surface area contributed by atoms with Gasteiger partial charge in [0.1, 0.15) is 5.75 Å². The van der Waals surface area contributed by atoms with Crippen molar-refractivity contribution in [2.45, 2.75) is 33.6 Å². The third kappa shape index (κ3) is 4.22. The molecule has 0 unspecified atom stereocenters. The van der Waals surface area contributed by atoms with Crippen molar-refractivity contribution < 1.29 is 31.8 Å². The molecule has 1 N–H and O–H groups in total. The van der Waals surface area contributed by atoms with E-state index in [9.17, 15) is 27.1 Å². The Morgan fingerprint density at radius 2 is 1.64 bits per heavy atom. The number of halogens is 5. The van der Waals surface area contributed by atoms with Gasteiger partial charge in [-0.3, -0.25) is 0 Å². The van der Waals surface area contributed by atoms with Crippen molar-refractivity contribution in [2.24, 2.45) is 0 Å². The zero-order valence-corrected chi connectivity index (χ0v) is 12.2. The van der Waals surface area contributed by atoms with Gasteiger partial charge in [0, 0.05) is 5.39 Å². The lowest BCUT2D eigenvalue weighted by Crippen LogP contribution is -2.18. The lowest BCUT2D eigenvalue weighted by atomic mass is 10.0. The van der Waals surface area contributed by atoms with Crippen LogP contribution in [0.3, 0.4) is 0 Å². The van der Waals surface area contributed by atoms with Gasteiger partial charge in [-0.2, -0.15) is 4.39 Å². The second kappa shape index (κ2) is 6.81. The van der Waals surface area contributed by atoms with E-state index in [1.165, 1.54) is 13.3 Å². The predicted octanol–water partition coefficient (Wildman–Crippen LogP) is 5.45. The van der Waals surface area contributed by atoms with Crippen LogP contribution in [0.25, 0.3) is 10.8 Å². The first-order valence-electron chi connectivity index (χ1n) is 6.47. The summed E-state index contributed by atoms with van der Waals surface area (Å²) in [5, 5.41) is 8.99. The van der Waals surface area contributed by atoms with Gasteiger partial charge in [0.05, 0.1) is 0 Å². The van der Waals surface area contributed by atoms with Crippen LogP contribution < -0.4 is 4.74 Å². The summed E-state index contributed by atoms with van der Waals surface area (Å²) in [6.45, 7) is 5.60. The van der Waals surface area contributed by atoms with E-state index in [4.69, 9.17) is 0 Å². The Hall–Kier alpha value is -2.05. The van der Waals surface area contributed by atoms with Crippen LogP contribution in [-0.4, -0.2) is 11.5 Å². The Morgan fingerprint density at radius 3 is 2.14 bits per heavy atom. The van der Waals surface area contributed by atoms with E-state index in [2.05, 4.69) is 18.6 Å². The number of hydrogen-bond acceptors (Lipinski definition) is 2. The van der Waals surface area contributed by atoms with Crippen molar-refractivity contribution in [2.75, 3.05) is 0 Å². The van der Waals surface area contributed by atoms with Gasteiger partial charge in [-0.25, -0.2) is 4.39 Å². The van der Waals surface area contributed by atoms with Crippen molar-refractivity contribution in [1.82, 2.24) is 0 Å². The average molecular weight is 322 g/mol. The van der Waals surface area contributed by atoms with Crippen molar-refractivity contribution >= 4 is 10.8 Å². The highest BCUT2D eigenvalue weighted by Crippen LogP contribution is 2.38. The number of ether oxygens (including phenoxy) is 1. The molecule has 0 aliphatic heterocycles. The van der Waals surface area contributed by atoms with Crippen LogP contribution in [0.2, 0.25) is 0 Å². The lowest BCUT2D eigenvalue weighted by Gasteiger charge is -2.14. The number of alkyl halides is 3. The molecule has 0 aliphatic rings. The van der Waals surface area contributed by atoms with Crippen LogP contribution in [0, 0.1) is 18.6 Å². The number of phenols is 1. The first-order valence-corrected chi connectivity index (χ1v) is 6.47. The van der Waals surface area contributed by atoms with Crippen LogP contribution in [0.15, 0.2) is 18.2 Å². The minimum atomic E-state index is -5.15. The maximum Gasteiger partial charge on any atom is 0.573 e. The minimum absolute atomic E-state index is 0.0874. The molecule has 0 radical (unpaired) electrons. The highest BCUT2D eigenvalue weighted by atomic mass is 19.4. The van der Waals surface area contributed by atoms with Gasteiger partial charge in [-0.05, 0) is 36.1 Å². The summed E-state index contributed by atoms with van der Waals surface area (Å²) in [6, 6.07) is 2.84. The molecule has 0 atom stereocenters. The molecule has 0 bridgehead atoms. The Kier molecular flexibility index (Phi) is 5.57.